The molecule has 1 N–H and O–H groups in total. The highest BCUT2D eigenvalue weighted by molar-refractivity contribution is 7.18. The molecule has 1 unspecified atom stereocenters. The molecule has 1 atom stereocenters. The van der Waals surface area contributed by atoms with Crippen LogP contribution in [0, 0.1) is 0 Å². The van der Waals surface area contributed by atoms with Crippen molar-refractivity contribution in [2.45, 2.75) is 52.1 Å². The van der Waals surface area contributed by atoms with E-state index in [4.69, 9.17) is 9.90 Å². The molecule has 0 aliphatic rings. The number of rotatable bonds is 3. The summed E-state index contributed by atoms with van der Waals surface area (Å²) in [6.45, 7) is 7.83. The van der Waals surface area contributed by atoms with Crippen LogP contribution >= 0.6 is 9.24 Å². The Morgan fingerprint density at radius 2 is 1.42 bits per heavy atom. The van der Waals surface area contributed by atoms with Crippen molar-refractivity contribution in [2.75, 3.05) is 0 Å². The molecule has 0 bridgehead atoms. The Morgan fingerprint density at radius 3 is 1.42 bits per heavy atom. The number of carbonyl (C=O) groups is 1. The second-order valence-corrected chi connectivity index (χ2v) is 4.17. The van der Waals surface area contributed by atoms with E-state index in [1.165, 1.54) is 19.3 Å². The SMILES string of the molecule is CC(=O)O.CCC(P)(CC)CC. The maximum Gasteiger partial charge on any atom is 0.300 e. The van der Waals surface area contributed by atoms with Crippen LogP contribution in [-0.4, -0.2) is 16.2 Å². The molecule has 0 saturated carbocycles. The molecule has 3 heteroatoms. The van der Waals surface area contributed by atoms with E-state index in [9.17, 15) is 0 Å². The van der Waals surface area contributed by atoms with Gasteiger partial charge >= 0.3 is 0 Å². The topological polar surface area (TPSA) is 37.3 Å². The van der Waals surface area contributed by atoms with Gasteiger partial charge in [0.2, 0.25) is 0 Å². The Balaban J connectivity index is 0. The summed E-state index contributed by atoms with van der Waals surface area (Å²) in [7, 11) is 2.94. The van der Waals surface area contributed by atoms with E-state index in [1.54, 1.807) is 0 Å². The molecule has 0 heterocycles. The summed E-state index contributed by atoms with van der Waals surface area (Å²) >= 11 is 0. The minimum Gasteiger partial charge on any atom is -0.481 e. The van der Waals surface area contributed by atoms with Crippen molar-refractivity contribution in [3.05, 3.63) is 0 Å². The van der Waals surface area contributed by atoms with E-state index >= 15 is 0 Å². The minimum atomic E-state index is -0.833. The number of hydrogen-bond donors (Lipinski definition) is 1. The average Bonchev–Trinajstić information content (AvgIpc) is 2.02. The Kier molecular flexibility index (Phi) is 9.07. The van der Waals surface area contributed by atoms with Crippen LogP contribution in [0.2, 0.25) is 0 Å². The van der Waals surface area contributed by atoms with Crippen molar-refractivity contribution in [3.8, 4) is 0 Å². The molecule has 12 heavy (non-hydrogen) atoms. The molecule has 0 spiro atoms. The number of carboxylic acid groups (broad SMARTS) is 1. The van der Waals surface area contributed by atoms with Crippen molar-refractivity contribution < 1.29 is 9.90 Å². The number of hydrogen-bond acceptors (Lipinski definition) is 1. The Hall–Kier alpha value is -0.100. The first kappa shape index (κ1) is 14.4. The first-order valence-corrected chi connectivity index (χ1v) is 4.98. The lowest BCUT2D eigenvalue weighted by Crippen LogP contribution is -2.15. The van der Waals surface area contributed by atoms with Crippen LogP contribution in [0.5, 0.6) is 0 Å². The van der Waals surface area contributed by atoms with Gasteiger partial charge in [-0.05, 0) is 24.4 Å². The van der Waals surface area contributed by atoms with E-state index in [-0.39, 0.29) is 0 Å². The highest BCUT2D eigenvalue weighted by Gasteiger charge is 2.15. The van der Waals surface area contributed by atoms with Gasteiger partial charge < -0.3 is 5.11 Å². The molecule has 0 rings (SSSR count). The lowest BCUT2D eigenvalue weighted by molar-refractivity contribution is -0.134. The third kappa shape index (κ3) is 9.90. The molecule has 0 amide bonds. The lowest BCUT2D eigenvalue weighted by atomic mass is 9.99. The summed E-state index contributed by atoms with van der Waals surface area (Å²) in [5, 5.41) is 7.96. The molecular weight excluding hydrogens is 171 g/mol. The van der Waals surface area contributed by atoms with Gasteiger partial charge in [0.1, 0.15) is 0 Å². The van der Waals surface area contributed by atoms with Gasteiger partial charge in [-0.2, -0.15) is 0 Å². The third-order valence-corrected chi connectivity index (χ3v) is 3.34. The Morgan fingerprint density at radius 1 is 1.25 bits per heavy atom. The normalized spacial score (nSPS) is 10.1. The maximum atomic E-state index is 9.00. The molecule has 0 aromatic heterocycles. The molecule has 0 radical (unpaired) electrons. The van der Waals surface area contributed by atoms with Gasteiger partial charge in [0, 0.05) is 6.92 Å². The lowest BCUT2D eigenvalue weighted by Gasteiger charge is -2.23. The molecule has 0 saturated heterocycles. The van der Waals surface area contributed by atoms with E-state index < -0.39 is 5.97 Å². The first-order valence-electron chi connectivity index (χ1n) is 4.40. The van der Waals surface area contributed by atoms with Gasteiger partial charge in [-0.3, -0.25) is 4.79 Å². The van der Waals surface area contributed by atoms with E-state index in [0.29, 0.717) is 5.16 Å². The van der Waals surface area contributed by atoms with Crippen LogP contribution in [0.25, 0.3) is 0 Å². The summed E-state index contributed by atoms with van der Waals surface area (Å²) in [5.41, 5.74) is 0. The molecule has 0 aromatic carbocycles. The van der Waals surface area contributed by atoms with Gasteiger partial charge in [0.15, 0.2) is 0 Å². The molecule has 0 aliphatic carbocycles. The van der Waals surface area contributed by atoms with Gasteiger partial charge in [-0.15, -0.1) is 9.24 Å². The van der Waals surface area contributed by atoms with E-state index in [2.05, 4.69) is 30.0 Å². The zero-order valence-corrected chi connectivity index (χ0v) is 9.71. The standard InChI is InChI=1S/C7H17P.C2H4O2/c1-4-7(8,5-2)6-3;1-2(3)4/h4-6,8H2,1-3H3;1H3,(H,3,4). The van der Waals surface area contributed by atoms with Crippen molar-refractivity contribution in [1.82, 2.24) is 0 Å². The van der Waals surface area contributed by atoms with Crippen molar-refractivity contribution in [3.63, 3.8) is 0 Å². The summed E-state index contributed by atoms with van der Waals surface area (Å²) in [6, 6.07) is 0. The molecule has 2 nitrogen and oxygen atoms in total. The molecule has 0 fully saturated rings. The first-order chi connectivity index (χ1) is 5.41. The maximum absolute atomic E-state index is 9.00. The zero-order valence-electron chi connectivity index (χ0n) is 8.55. The van der Waals surface area contributed by atoms with Crippen LogP contribution in [0.4, 0.5) is 0 Å². The van der Waals surface area contributed by atoms with Gasteiger partial charge in [0.05, 0.1) is 0 Å². The van der Waals surface area contributed by atoms with Crippen molar-refractivity contribution in [2.24, 2.45) is 0 Å². The minimum absolute atomic E-state index is 0.542. The van der Waals surface area contributed by atoms with Crippen LogP contribution in [0.1, 0.15) is 47.0 Å². The van der Waals surface area contributed by atoms with Crippen LogP contribution in [0.15, 0.2) is 0 Å². The highest BCUT2D eigenvalue weighted by atomic mass is 31.0. The largest absolute Gasteiger partial charge is 0.481 e. The zero-order chi connectivity index (χ0) is 10.2. The van der Waals surface area contributed by atoms with Crippen molar-refractivity contribution >= 4 is 15.2 Å². The summed E-state index contributed by atoms with van der Waals surface area (Å²) in [4.78, 5) is 9.00. The second-order valence-electron chi connectivity index (χ2n) is 2.94. The summed E-state index contributed by atoms with van der Waals surface area (Å²) in [5.74, 6) is -0.833. The fraction of sp³-hybridized carbons (Fsp3) is 0.889. The van der Waals surface area contributed by atoms with Crippen molar-refractivity contribution in [1.29, 1.82) is 0 Å². The predicted octanol–water partition coefficient (Wildman–Crippen LogP) is 2.92. The molecule has 0 aliphatic heterocycles. The smallest absolute Gasteiger partial charge is 0.300 e. The highest BCUT2D eigenvalue weighted by Crippen LogP contribution is 2.29. The molecule has 74 valence electrons. The fourth-order valence-corrected chi connectivity index (χ4v) is 0.750. The monoisotopic (exact) mass is 192 g/mol. The Labute approximate surface area is 78.0 Å². The quantitative estimate of drug-likeness (QED) is 0.698. The van der Waals surface area contributed by atoms with E-state index in [0.717, 1.165) is 6.92 Å². The fourth-order valence-electron chi connectivity index (χ4n) is 0.750. The third-order valence-electron chi connectivity index (χ3n) is 2.11. The van der Waals surface area contributed by atoms with Gasteiger partial charge in [-0.1, -0.05) is 20.8 Å². The predicted molar refractivity (Wildman–Crippen MR) is 56.6 cm³/mol. The molecule has 0 aromatic rings. The average molecular weight is 192 g/mol. The summed E-state index contributed by atoms with van der Waals surface area (Å²) < 4.78 is 0. The number of aliphatic carboxylic acids is 1. The van der Waals surface area contributed by atoms with Crippen LogP contribution in [-0.2, 0) is 4.79 Å². The Bertz CT molecular complexity index is 107. The summed E-state index contributed by atoms with van der Waals surface area (Å²) in [6.07, 6.45) is 3.85. The molecular formula is C9H21O2P. The van der Waals surface area contributed by atoms with Crippen LogP contribution in [0.3, 0.4) is 0 Å². The van der Waals surface area contributed by atoms with E-state index in [1.807, 2.05) is 0 Å². The van der Waals surface area contributed by atoms with Crippen LogP contribution < -0.4 is 0 Å². The van der Waals surface area contributed by atoms with Gasteiger partial charge in [0.25, 0.3) is 5.97 Å². The number of carboxylic acids is 1. The second kappa shape index (κ2) is 7.54. The van der Waals surface area contributed by atoms with Gasteiger partial charge in [-0.25, -0.2) is 0 Å².